The van der Waals surface area contributed by atoms with Gasteiger partial charge in [0.25, 0.3) is 0 Å². The number of carbonyl (C=O) groups is 2. The number of carboxylic acids is 1. The lowest BCUT2D eigenvalue weighted by atomic mass is 10.0. The lowest BCUT2D eigenvalue weighted by Gasteiger charge is -2.09. The van der Waals surface area contributed by atoms with Crippen LogP contribution in [0.5, 0.6) is 0 Å². The number of rotatable bonds is 11. The summed E-state index contributed by atoms with van der Waals surface area (Å²) in [5, 5.41) is 11.3. The highest BCUT2D eigenvalue weighted by Crippen LogP contribution is 2.08. The summed E-state index contributed by atoms with van der Waals surface area (Å²) >= 11 is 0. The van der Waals surface area contributed by atoms with Crippen LogP contribution in [0.2, 0.25) is 0 Å². The fourth-order valence-corrected chi connectivity index (χ4v) is 1.84. The fourth-order valence-electron chi connectivity index (χ4n) is 1.84. The number of nitrogens with one attached hydrogen (secondary N) is 1. The lowest BCUT2D eigenvalue weighted by molar-refractivity contribution is -0.137. The van der Waals surface area contributed by atoms with Crippen molar-refractivity contribution in [3.8, 4) is 0 Å². The first-order valence-electron chi connectivity index (χ1n) is 7.11. The standard InChI is InChI=1S/C15H27NO3/c1-12(2)11-13(3)15(19)16-10-8-6-4-5-7-9-14(17)18/h12H,3-11H2,1-2H3,(H,16,19)(H,17,18). The minimum absolute atomic E-state index is 0.0421. The molecule has 0 radical (unpaired) electrons. The van der Waals surface area contributed by atoms with E-state index in [-0.39, 0.29) is 12.3 Å². The van der Waals surface area contributed by atoms with Crippen molar-refractivity contribution in [2.24, 2.45) is 5.92 Å². The maximum Gasteiger partial charge on any atom is 0.303 e. The molecule has 0 aromatic rings. The molecule has 0 rings (SSSR count). The summed E-state index contributed by atoms with van der Waals surface area (Å²) in [7, 11) is 0. The van der Waals surface area contributed by atoms with Crippen molar-refractivity contribution in [3.63, 3.8) is 0 Å². The number of aliphatic carboxylic acids is 1. The monoisotopic (exact) mass is 269 g/mol. The summed E-state index contributed by atoms with van der Waals surface area (Å²) in [4.78, 5) is 21.9. The first-order valence-corrected chi connectivity index (χ1v) is 7.11. The van der Waals surface area contributed by atoms with E-state index in [1.54, 1.807) is 0 Å². The maximum atomic E-state index is 11.6. The molecular formula is C15H27NO3. The molecule has 2 N–H and O–H groups in total. The van der Waals surface area contributed by atoms with Crippen LogP contribution in [-0.4, -0.2) is 23.5 Å². The van der Waals surface area contributed by atoms with Gasteiger partial charge in [0.05, 0.1) is 0 Å². The molecule has 0 fully saturated rings. The first kappa shape index (κ1) is 17.7. The third-order valence-electron chi connectivity index (χ3n) is 2.83. The van der Waals surface area contributed by atoms with Gasteiger partial charge in [-0.05, 0) is 25.2 Å². The second-order valence-electron chi connectivity index (χ2n) is 5.37. The predicted molar refractivity (Wildman–Crippen MR) is 76.9 cm³/mol. The number of carboxylic acid groups (broad SMARTS) is 1. The van der Waals surface area contributed by atoms with Gasteiger partial charge in [0.2, 0.25) is 5.91 Å². The van der Waals surface area contributed by atoms with Crippen molar-refractivity contribution in [1.82, 2.24) is 5.32 Å². The van der Waals surface area contributed by atoms with E-state index in [0.29, 0.717) is 18.0 Å². The Morgan fingerprint density at radius 2 is 1.68 bits per heavy atom. The van der Waals surface area contributed by atoms with Crippen LogP contribution in [0.4, 0.5) is 0 Å². The molecule has 0 saturated heterocycles. The van der Waals surface area contributed by atoms with E-state index >= 15 is 0 Å². The Labute approximate surface area is 116 Å². The van der Waals surface area contributed by atoms with Gasteiger partial charge < -0.3 is 10.4 Å². The smallest absolute Gasteiger partial charge is 0.303 e. The molecule has 0 heterocycles. The largest absolute Gasteiger partial charge is 0.481 e. The molecule has 0 aromatic carbocycles. The highest BCUT2D eigenvalue weighted by molar-refractivity contribution is 5.92. The van der Waals surface area contributed by atoms with Gasteiger partial charge in [-0.15, -0.1) is 0 Å². The van der Waals surface area contributed by atoms with Crippen molar-refractivity contribution in [2.45, 2.75) is 58.8 Å². The van der Waals surface area contributed by atoms with Gasteiger partial charge >= 0.3 is 5.97 Å². The Balaban J connectivity index is 3.41. The van der Waals surface area contributed by atoms with Crippen LogP contribution in [0.25, 0.3) is 0 Å². The number of hydrogen-bond donors (Lipinski definition) is 2. The van der Waals surface area contributed by atoms with Gasteiger partial charge in [0.1, 0.15) is 0 Å². The molecule has 0 bridgehead atoms. The Hall–Kier alpha value is -1.32. The average Bonchev–Trinajstić information content (AvgIpc) is 2.30. The van der Waals surface area contributed by atoms with Gasteiger partial charge in [0.15, 0.2) is 0 Å². The predicted octanol–water partition coefficient (Wildman–Crippen LogP) is 3.13. The molecule has 0 atom stereocenters. The van der Waals surface area contributed by atoms with Crippen LogP contribution < -0.4 is 5.32 Å². The summed E-state index contributed by atoms with van der Waals surface area (Å²) in [6.45, 7) is 8.59. The molecule has 0 spiro atoms. The minimum atomic E-state index is -0.726. The molecule has 0 saturated carbocycles. The van der Waals surface area contributed by atoms with Crippen LogP contribution >= 0.6 is 0 Å². The SMILES string of the molecule is C=C(CC(C)C)C(=O)NCCCCCCCC(=O)O. The van der Waals surface area contributed by atoms with E-state index in [9.17, 15) is 9.59 Å². The number of carbonyl (C=O) groups excluding carboxylic acids is 1. The van der Waals surface area contributed by atoms with Crippen LogP contribution in [0, 0.1) is 5.92 Å². The van der Waals surface area contributed by atoms with E-state index in [4.69, 9.17) is 5.11 Å². The van der Waals surface area contributed by atoms with Crippen molar-refractivity contribution in [3.05, 3.63) is 12.2 Å². The average molecular weight is 269 g/mol. The van der Waals surface area contributed by atoms with E-state index < -0.39 is 5.97 Å². The molecule has 19 heavy (non-hydrogen) atoms. The third-order valence-corrected chi connectivity index (χ3v) is 2.83. The second-order valence-corrected chi connectivity index (χ2v) is 5.37. The van der Waals surface area contributed by atoms with Gasteiger partial charge in [-0.3, -0.25) is 9.59 Å². The maximum absolute atomic E-state index is 11.6. The second kappa shape index (κ2) is 10.6. The molecule has 0 aromatic heterocycles. The van der Waals surface area contributed by atoms with Crippen LogP contribution in [-0.2, 0) is 9.59 Å². The zero-order chi connectivity index (χ0) is 14.7. The highest BCUT2D eigenvalue weighted by Gasteiger charge is 2.07. The highest BCUT2D eigenvalue weighted by atomic mass is 16.4. The third kappa shape index (κ3) is 11.5. The van der Waals surface area contributed by atoms with Gasteiger partial charge in [-0.25, -0.2) is 0 Å². The zero-order valence-electron chi connectivity index (χ0n) is 12.2. The van der Waals surface area contributed by atoms with Crippen molar-refractivity contribution in [2.75, 3.05) is 6.54 Å². The number of hydrogen-bond acceptors (Lipinski definition) is 2. The van der Waals surface area contributed by atoms with Crippen molar-refractivity contribution < 1.29 is 14.7 Å². The van der Waals surface area contributed by atoms with Crippen LogP contribution in [0.15, 0.2) is 12.2 Å². The van der Waals surface area contributed by atoms with Gasteiger partial charge in [0, 0.05) is 18.5 Å². The summed E-state index contributed by atoms with van der Waals surface area (Å²) in [6.07, 6.45) is 5.67. The summed E-state index contributed by atoms with van der Waals surface area (Å²) in [5.41, 5.74) is 0.649. The number of amides is 1. The molecule has 0 aliphatic carbocycles. The first-order chi connectivity index (χ1) is 8.93. The lowest BCUT2D eigenvalue weighted by Crippen LogP contribution is -2.26. The fraction of sp³-hybridized carbons (Fsp3) is 0.733. The number of unbranched alkanes of at least 4 members (excludes halogenated alkanes) is 4. The summed E-state index contributed by atoms with van der Waals surface area (Å²) in [6, 6.07) is 0. The van der Waals surface area contributed by atoms with E-state index in [1.165, 1.54) is 0 Å². The molecule has 110 valence electrons. The van der Waals surface area contributed by atoms with Crippen LogP contribution in [0.3, 0.4) is 0 Å². The minimum Gasteiger partial charge on any atom is -0.481 e. The van der Waals surface area contributed by atoms with E-state index in [1.807, 2.05) is 0 Å². The Morgan fingerprint density at radius 3 is 2.26 bits per heavy atom. The van der Waals surface area contributed by atoms with Crippen molar-refractivity contribution >= 4 is 11.9 Å². The summed E-state index contributed by atoms with van der Waals surface area (Å²) < 4.78 is 0. The topological polar surface area (TPSA) is 66.4 Å². The molecular weight excluding hydrogens is 242 g/mol. The Bertz CT molecular complexity index is 298. The normalized spacial score (nSPS) is 10.5. The Kier molecular flexibility index (Phi) is 9.85. The van der Waals surface area contributed by atoms with Crippen molar-refractivity contribution in [1.29, 1.82) is 0 Å². The molecule has 4 heteroatoms. The van der Waals surface area contributed by atoms with Gasteiger partial charge in [-0.2, -0.15) is 0 Å². The quantitative estimate of drug-likeness (QED) is 0.447. The molecule has 0 aliphatic rings. The van der Waals surface area contributed by atoms with E-state index in [0.717, 1.165) is 38.5 Å². The van der Waals surface area contributed by atoms with Gasteiger partial charge in [-0.1, -0.05) is 39.7 Å². The molecule has 4 nitrogen and oxygen atoms in total. The molecule has 1 amide bonds. The molecule has 0 unspecified atom stereocenters. The molecule has 0 aliphatic heterocycles. The summed E-state index contributed by atoms with van der Waals surface area (Å²) in [5.74, 6) is -0.317. The van der Waals surface area contributed by atoms with E-state index in [2.05, 4.69) is 25.7 Å². The Morgan fingerprint density at radius 1 is 1.11 bits per heavy atom. The zero-order valence-corrected chi connectivity index (χ0v) is 12.2. The van der Waals surface area contributed by atoms with Crippen LogP contribution in [0.1, 0.15) is 58.8 Å².